The van der Waals surface area contributed by atoms with E-state index in [-0.39, 0.29) is 6.03 Å². The number of amides is 2. The molecular formula is C16H25N3O. The molecule has 1 N–H and O–H groups in total. The van der Waals surface area contributed by atoms with Crippen LogP contribution in [0.5, 0.6) is 0 Å². The van der Waals surface area contributed by atoms with Crippen LogP contribution in [0, 0.1) is 0 Å². The van der Waals surface area contributed by atoms with Gasteiger partial charge in [-0.15, -0.1) is 0 Å². The van der Waals surface area contributed by atoms with Crippen LogP contribution in [0.2, 0.25) is 0 Å². The molecule has 0 spiro atoms. The Morgan fingerprint density at radius 1 is 1.30 bits per heavy atom. The molecule has 4 nitrogen and oxygen atoms in total. The van der Waals surface area contributed by atoms with E-state index in [1.165, 1.54) is 12.8 Å². The minimum Gasteiger partial charge on any atom is -0.354 e. The van der Waals surface area contributed by atoms with Gasteiger partial charge in [-0.25, -0.2) is 4.79 Å². The van der Waals surface area contributed by atoms with Gasteiger partial charge in [-0.05, 0) is 25.0 Å². The van der Waals surface area contributed by atoms with Crippen molar-refractivity contribution in [3.8, 4) is 0 Å². The van der Waals surface area contributed by atoms with Crippen molar-refractivity contribution in [1.82, 2.24) is 14.8 Å². The number of nitrogens with one attached hydrogen (secondary N) is 1. The number of unbranched alkanes of at least 4 members (excludes halogenated alkanes) is 1. The second kappa shape index (κ2) is 7.78. The monoisotopic (exact) mass is 275 g/mol. The first-order valence-corrected chi connectivity index (χ1v) is 7.63. The second-order valence-corrected chi connectivity index (χ2v) is 5.30. The molecule has 0 aromatic carbocycles. The number of rotatable bonds is 7. The first-order valence-electron chi connectivity index (χ1n) is 7.63. The number of hydrogen-bond donors (Lipinski definition) is 1. The van der Waals surface area contributed by atoms with Crippen LogP contribution in [0.4, 0.5) is 4.79 Å². The van der Waals surface area contributed by atoms with Crippen molar-refractivity contribution in [1.29, 1.82) is 0 Å². The molecule has 2 rings (SSSR count). The molecule has 0 unspecified atom stereocenters. The highest BCUT2D eigenvalue weighted by Gasteiger charge is 2.23. The van der Waals surface area contributed by atoms with Crippen molar-refractivity contribution in [2.75, 3.05) is 13.1 Å². The molecule has 0 saturated carbocycles. The van der Waals surface area contributed by atoms with E-state index in [1.54, 1.807) is 0 Å². The van der Waals surface area contributed by atoms with E-state index in [2.05, 4.69) is 29.0 Å². The Bertz CT molecular complexity index is 425. The lowest BCUT2D eigenvalue weighted by atomic mass is 10.1. The fourth-order valence-electron chi connectivity index (χ4n) is 2.55. The van der Waals surface area contributed by atoms with Gasteiger partial charge in [0.1, 0.15) is 0 Å². The molecule has 0 radical (unpaired) electrons. The van der Waals surface area contributed by atoms with Crippen LogP contribution in [-0.4, -0.2) is 34.6 Å². The molecule has 4 heteroatoms. The number of hydrogen-bond acceptors (Lipinski definition) is 1. The Hall–Kier alpha value is -1.71. The van der Waals surface area contributed by atoms with Crippen LogP contribution in [-0.2, 0) is 6.54 Å². The largest absolute Gasteiger partial charge is 0.354 e. The maximum Gasteiger partial charge on any atom is 0.318 e. The number of nitrogens with zero attached hydrogens (tertiary/aromatic N) is 2. The fourth-order valence-corrected chi connectivity index (χ4v) is 2.55. The highest BCUT2D eigenvalue weighted by molar-refractivity contribution is 5.75. The zero-order valence-corrected chi connectivity index (χ0v) is 12.3. The van der Waals surface area contributed by atoms with E-state index in [4.69, 9.17) is 0 Å². The summed E-state index contributed by atoms with van der Waals surface area (Å²) < 4.78 is 2.13. The highest BCUT2D eigenvalue weighted by Crippen LogP contribution is 2.15. The quantitative estimate of drug-likeness (QED) is 0.603. The van der Waals surface area contributed by atoms with Gasteiger partial charge in [0, 0.05) is 32.0 Å². The summed E-state index contributed by atoms with van der Waals surface area (Å²) in [6.45, 7) is 4.61. The van der Waals surface area contributed by atoms with Gasteiger partial charge in [-0.2, -0.15) is 0 Å². The van der Waals surface area contributed by atoms with Gasteiger partial charge in [0.25, 0.3) is 0 Å². The Balaban J connectivity index is 1.66. The van der Waals surface area contributed by atoms with Crippen molar-refractivity contribution in [3.63, 3.8) is 0 Å². The summed E-state index contributed by atoms with van der Waals surface area (Å²) in [5, 5.41) is 3.03. The number of aryl methyl sites for hydroxylation is 1. The summed E-state index contributed by atoms with van der Waals surface area (Å²) in [6.07, 6.45) is 12.7. The summed E-state index contributed by atoms with van der Waals surface area (Å²) in [7, 11) is 0. The van der Waals surface area contributed by atoms with Gasteiger partial charge >= 0.3 is 6.03 Å². The molecule has 1 aliphatic heterocycles. The predicted molar refractivity (Wildman–Crippen MR) is 81.6 cm³/mol. The molecule has 1 aliphatic rings. The zero-order chi connectivity index (χ0) is 14.2. The molecule has 1 aromatic rings. The molecular weight excluding hydrogens is 250 g/mol. The number of carbonyl (C=O) groups is 1. The summed E-state index contributed by atoms with van der Waals surface area (Å²) in [4.78, 5) is 14.1. The van der Waals surface area contributed by atoms with Crippen molar-refractivity contribution in [2.45, 2.75) is 45.2 Å². The zero-order valence-electron chi connectivity index (χ0n) is 12.3. The third-order valence-electron chi connectivity index (χ3n) is 3.71. The molecule has 1 aromatic heterocycles. The third-order valence-corrected chi connectivity index (χ3v) is 3.71. The van der Waals surface area contributed by atoms with Crippen LogP contribution in [0.3, 0.4) is 0 Å². The van der Waals surface area contributed by atoms with Crippen LogP contribution < -0.4 is 5.32 Å². The predicted octanol–water partition coefficient (Wildman–Crippen LogP) is 3.02. The maximum absolute atomic E-state index is 12.1. The summed E-state index contributed by atoms with van der Waals surface area (Å²) in [5.41, 5.74) is 0. The Kier molecular flexibility index (Phi) is 5.71. The van der Waals surface area contributed by atoms with Crippen LogP contribution in [0.1, 0.15) is 32.6 Å². The molecule has 0 bridgehead atoms. The summed E-state index contributed by atoms with van der Waals surface area (Å²) in [6, 6.07) is 4.41. The molecule has 0 saturated heterocycles. The highest BCUT2D eigenvalue weighted by atomic mass is 16.2. The number of urea groups is 1. The Morgan fingerprint density at radius 3 is 2.85 bits per heavy atom. The molecule has 1 atom stereocenters. The molecule has 2 heterocycles. The lowest BCUT2D eigenvalue weighted by Gasteiger charge is -2.24. The van der Waals surface area contributed by atoms with Gasteiger partial charge in [0.2, 0.25) is 0 Å². The SMILES string of the molecule is CCCC[C@H]1C=CCN1C(=O)NCCCn1cccc1. The molecule has 0 aliphatic carbocycles. The van der Waals surface area contributed by atoms with Crippen molar-refractivity contribution in [3.05, 3.63) is 36.7 Å². The molecule has 0 fully saturated rings. The molecule has 110 valence electrons. The Morgan fingerprint density at radius 2 is 2.10 bits per heavy atom. The van der Waals surface area contributed by atoms with Gasteiger partial charge < -0.3 is 14.8 Å². The van der Waals surface area contributed by atoms with Crippen LogP contribution in [0.15, 0.2) is 36.7 Å². The van der Waals surface area contributed by atoms with Crippen molar-refractivity contribution in [2.24, 2.45) is 0 Å². The average Bonchev–Trinajstić information content (AvgIpc) is 3.12. The summed E-state index contributed by atoms with van der Waals surface area (Å²) in [5.74, 6) is 0. The second-order valence-electron chi connectivity index (χ2n) is 5.30. The topological polar surface area (TPSA) is 37.3 Å². The van der Waals surface area contributed by atoms with Gasteiger partial charge in [0.15, 0.2) is 0 Å². The van der Waals surface area contributed by atoms with E-state index >= 15 is 0 Å². The normalized spacial score (nSPS) is 17.6. The lowest BCUT2D eigenvalue weighted by Crippen LogP contribution is -2.43. The van der Waals surface area contributed by atoms with Gasteiger partial charge in [-0.1, -0.05) is 31.9 Å². The van der Waals surface area contributed by atoms with Crippen LogP contribution >= 0.6 is 0 Å². The maximum atomic E-state index is 12.1. The van der Waals surface area contributed by atoms with E-state index in [9.17, 15) is 4.79 Å². The first-order chi connectivity index (χ1) is 9.81. The van der Waals surface area contributed by atoms with Crippen LogP contribution in [0.25, 0.3) is 0 Å². The Labute approximate surface area is 121 Å². The first kappa shape index (κ1) is 14.7. The van der Waals surface area contributed by atoms with Gasteiger partial charge in [0.05, 0.1) is 6.04 Å². The summed E-state index contributed by atoms with van der Waals surface area (Å²) >= 11 is 0. The minimum absolute atomic E-state index is 0.0728. The molecule has 2 amide bonds. The van der Waals surface area contributed by atoms with Gasteiger partial charge in [-0.3, -0.25) is 0 Å². The fraction of sp³-hybridized carbons (Fsp3) is 0.562. The number of aromatic nitrogens is 1. The smallest absolute Gasteiger partial charge is 0.318 e. The van der Waals surface area contributed by atoms with Crippen molar-refractivity contribution < 1.29 is 4.79 Å². The molecule has 20 heavy (non-hydrogen) atoms. The minimum atomic E-state index is 0.0728. The van der Waals surface area contributed by atoms with Crippen molar-refractivity contribution >= 4 is 6.03 Å². The lowest BCUT2D eigenvalue weighted by molar-refractivity contribution is 0.194. The average molecular weight is 275 g/mol. The van der Waals surface area contributed by atoms with E-state index in [0.717, 1.165) is 32.5 Å². The number of carbonyl (C=O) groups excluding carboxylic acids is 1. The van der Waals surface area contributed by atoms with E-state index in [1.807, 2.05) is 29.4 Å². The third kappa shape index (κ3) is 4.15. The van der Waals surface area contributed by atoms with E-state index in [0.29, 0.717) is 6.04 Å². The van der Waals surface area contributed by atoms with E-state index < -0.39 is 0 Å². The standard InChI is InChI=1S/C16H25N3O/c1-2-3-8-15-9-6-14-19(15)16(20)17-10-7-13-18-11-4-5-12-18/h4-6,9,11-12,15H,2-3,7-8,10,13-14H2,1H3,(H,17,20)/t15-/m0/s1.